The van der Waals surface area contributed by atoms with Crippen LogP contribution in [-0.2, 0) is 9.53 Å². The summed E-state index contributed by atoms with van der Waals surface area (Å²) in [7, 11) is 1.39. The van der Waals surface area contributed by atoms with Crippen LogP contribution in [0, 0.1) is 19.7 Å². The fourth-order valence-electron chi connectivity index (χ4n) is 3.18. The van der Waals surface area contributed by atoms with Crippen molar-refractivity contribution >= 4 is 17.8 Å². The minimum atomic E-state index is -0.630. The van der Waals surface area contributed by atoms with E-state index in [-0.39, 0.29) is 11.3 Å². The van der Waals surface area contributed by atoms with E-state index in [4.69, 9.17) is 9.47 Å². The van der Waals surface area contributed by atoms with Gasteiger partial charge in [0, 0.05) is 23.5 Å². The van der Waals surface area contributed by atoms with Gasteiger partial charge in [0.1, 0.15) is 11.6 Å². The lowest BCUT2D eigenvalue weighted by Gasteiger charge is -2.07. The van der Waals surface area contributed by atoms with Gasteiger partial charge in [-0.1, -0.05) is 0 Å². The van der Waals surface area contributed by atoms with Gasteiger partial charge in [-0.2, -0.15) is 0 Å². The molecular formula is C21H22FNO4. The van der Waals surface area contributed by atoms with E-state index in [1.807, 2.05) is 19.9 Å². The Morgan fingerprint density at radius 1 is 1.26 bits per heavy atom. The maximum atomic E-state index is 13.4. The number of esters is 1. The number of rotatable bonds is 7. The summed E-state index contributed by atoms with van der Waals surface area (Å²) in [5.74, 6) is -1.48. The number of carbonyl (C=O) groups is 2. The van der Waals surface area contributed by atoms with E-state index in [1.54, 1.807) is 6.08 Å². The number of Topliss-reactive ketones (excluding diaryl/α,β-unsaturated/α-hetero) is 1. The molecule has 1 heterocycles. The molecule has 1 fully saturated rings. The summed E-state index contributed by atoms with van der Waals surface area (Å²) >= 11 is 0. The van der Waals surface area contributed by atoms with Crippen molar-refractivity contribution in [2.45, 2.75) is 32.7 Å². The van der Waals surface area contributed by atoms with Crippen molar-refractivity contribution < 1.29 is 23.5 Å². The Kier molecular flexibility index (Phi) is 5.44. The summed E-state index contributed by atoms with van der Waals surface area (Å²) in [5, 5.41) is 0. The largest absolute Gasteiger partial charge is 0.496 e. The van der Waals surface area contributed by atoms with Crippen LogP contribution in [0.1, 0.15) is 46.2 Å². The van der Waals surface area contributed by atoms with E-state index >= 15 is 0 Å². The molecule has 1 saturated carbocycles. The molecule has 1 aliphatic rings. The van der Waals surface area contributed by atoms with Crippen LogP contribution in [0.5, 0.6) is 5.75 Å². The Morgan fingerprint density at radius 3 is 2.67 bits per heavy atom. The molecule has 0 bridgehead atoms. The molecule has 0 spiro atoms. The van der Waals surface area contributed by atoms with Crippen molar-refractivity contribution in [2.75, 3.05) is 13.7 Å². The van der Waals surface area contributed by atoms with Gasteiger partial charge in [-0.25, -0.2) is 9.18 Å². The van der Waals surface area contributed by atoms with Crippen LogP contribution in [0.2, 0.25) is 0 Å². The van der Waals surface area contributed by atoms with Crippen LogP contribution in [-0.4, -0.2) is 30.0 Å². The summed E-state index contributed by atoms with van der Waals surface area (Å²) in [6.45, 7) is 3.59. The van der Waals surface area contributed by atoms with Crippen molar-refractivity contribution in [1.29, 1.82) is 0 Å². The average Bonchev–Trinajstić information content (AvgIpc) is 3.43. The van der Waals surface area contributed by atoms with Crippen molar-refractivity contribution in [3.63, 3.8) is 0 Å². The lowest BCUT2D eigenvalue weighted by Crippen LogP contribution is -2.13. The molecule has 5 nitrogen and oxygen atoms in total. The molecule has 0 atom stereocenters. The van der Waals surface area contributed by atoms with Crippen LogP contribution in [0.15, 0.2) is 30.3 Å². The first kappa shape index (κ1) is 18.9. The van der Waals surface area contributed by atoms with Crippen LogP contribution in [0.4, 0.5) is 4.39 Å². The molecule has 0 amide bonds. The molecule has 1 aromatic heterocycles. The second-order valence-electron chi connectivity index (χ2n) is 6.64. The number of halogens is 1. The fraction of sp³-hybridized carbons (Fsp3) is 0.333. The van der Waals surface area contributed by atoms with Gasteiger partial charge in [-0.3, -0.25) is 4.79 Å². The zero-order chi connectivity index (χ0) is 19.6. The molecule has 0 aliphatic heterocycles. The molecule has 2 aromatic rings. The first-order valence-corrected chi connectivity index (χ1v) is 8.80. The summed E-state index contributed by atoms with van der Waals surface area (Å²) < 4.78 is 25.7. The van der Waals surface area contributed by atoms with Crippen molar-refractivity contribution in [1.82, 2.24) is 4.57 Å². The average molecular weight is 371 g/mol. The number of ether oxygens (including phenoxy) is 2. The molecule has 142 valence electrons. The normalized spacial score (nSPS) is 13.8. The van der Waals surface area contributed by atoms with E-state index in [9.17, 15) is 14.0 Å². The third-order valence-corrected chi connectivity index (χ3v) is 4.64. The molecule has 1 aromatic carbocycles. The highest BCUT2D eigenvalue weighted by Gasteiger charge is 2.26. The minimum Gasteiger partial charge on any atom is -0.496 e. The third-order valence-electron chi connectivity index (χ3n) is 4.64. The molecule has 27 heavy (non-hydrogen) atoms. The topological polar surface area (TPSA) is 57.5 Å². The molecule has 0 radical (unpaired) electrons. The maximum Gasteiger partial charge on any atom is 0.331 e. The summed E-state index contributed by atoms with van der Waals surface area (Å²) in [6.07, 6.45) is 5.37. The number of ketones is 1. The summed E-state index contributed by atoms with van der Waals surface area (Å²) in [5.41, 5.74) is 3.27. The third kappa shape index (κ3) is 4.27. The molecule has 6 heteroatoms. The standard InChI is InChI=1S/C21H22FNO4/c1-13-10-15(14(2)23(13)17-6-7-17)4-9-21(25)27-12-19(24)18-11-16(22)5-8-20(18)26-3/h4-5,8-11,17H,6-7,12H2,1-3H3/b9-4+. The number of nitrogens with zero attached hydrogens (tertiary/aromatic N) is 1. The Labute approximate surface area is 157 Å². The zero-order valence-electron chi connectivity index (χ0n) is 15.6. The highest BCUT2D eigenvalue weighted by molar-refractivity contribution is 6.01. The Morgan fingerprint density at radius 2 is 2.00 bits per heavy atom. The quantitative estimate of drug-likeness (QED) is 0.419. The van der Waals surface area contributed by atoms with Gasteiger partial charge in [-0.15, -0.1) is 0 Å². The highest BCUT2D eigenvalue weighted by atomic mass is 19.1. The van der Waals surface area contributed by atoms with Crippen LogP contribution in [0.3, 0.4) is 0 Å². The second-order valence-corrected chi connectivity index (χ2v) is 6.64. The molecule has 3 rings (SSSR count). The lowest BCUT2D eigenvalue weighted by molar-refractivity contribution is -0.136. The van der Waals surface area contributed by atoms with Crippen molar-refractivity contribution in [2.24, 2.45) is 0 Å². The van der Waals surface area contributed by atoms with E-state index in [1.165, 1.54) is 38.2 Å². The number of carbonyl (C=O) groups excluding carboxylic acids is 2. The van der Waals surface area contributed by atoms with Gasteiger partial charge in [0.05, 0.1) is 12.7 Å². The smallest absolute Gasteiger partial charge is 0.331 e. The zero-order valence-corrected chi connectivity index (χ0v) is 15.6. The molecular weight excluding hydrogens is 349 g/mol. The van der Waals surface area contributed by atoms with Gasteiger partial charge < -0.3 is 14.0 Å². The first-order chi connectivity index (χ1) is 12.9. The number of hydrogen-bond acceptors (Lipinski definition) is 4. The van der Waals surface area contributed by atoms with Gasteiger partial charge in [0.2, 0.25) is 5.78 Å². The molecule has 0 unspecified atom stereocenters. The van der Waals surface area contributed by atoms with Crippen LogP contribution < -0.4 is 4.74 Å². The monoisotopic (exact) mass is 371 g/mol. The van der Waals surface area contributed by atoms with Crippen molar-refractivity contribution in [3.8, 4) is 5.75 Å². The maximum absolute atomic E-state index is 13.4. The minimum absolute atomic E-state index is 0.0438. The number of aromatic nitrogens is 1. The predicted molar refractivity (Wildman–Crippen MR) is 99.5 cm³/mol. The van der Waals surface area contributed by atoms with Gasteiger partial charge in [-0.05, 0) is 62.6 Å². The van der Waals surface area contributed by atoms with Crippen molar-refractivity contribution in [3.05, 3.63) is 58.7 Å². The fourth-order valence-corrected chi connectivity index (χ4v) is 3.18. The van der Waals surface area contributed by atoms with E-state index in [0.29, 0.717) is 6.04 Å². The highest BCUT2D eigenvalue weighted by Crippen LogP contribution is 2.38. The second kappa shape index (κ2) is 7.78. The SMILES string of the molecule is COc1ccc(F)cc1C(=O)COC(=O)/C=C/c1cc(C)n(C2CC2)c1C. The number of aryl methyl sites for hydroxylation is 1. The number of benzene rings is 1. The van der Waals surface area contributed by atoms with Gasteiger partial charge in [0.25, 0.3) is 0 Å². The molecule has 1 aliphatic carbocycles. The van der Waals surface area contributed by atoms with Crippen LogP contribution in [0.25, 0.3) is 6.08 Å². The Bertz CT molecular complexity index is 909. The van der Waals surface area contributed by atoms with Crippen LogP contribution >= 0.6 is 0 Å². The summed E-state index contributed by atoms with van der Waals surface area (Å²) in [4.78, 5) is 24.1. The molecule has 0 saturated heterocycles. The predicted octanol–water partition coefficient (Wildman–Crippen LogP) is 4.03. The van der Waals surface area contributed by atoms with Gasteiger partial charge >= 0.3 is 5.97 Å². The first-order valence-electron chi connectivity index (χ1n) is 8.80. The lowest BCUT2D eigenvalue weighted by atomic mass is 10.1. The van der Waals surface area contributed by atoms with E-state index < -0.39 is 24.2 Å². The molecule has 0 N–H and O–H groups in total. The number of methoxy groups -OCH3 is 1. The number of hydrogen-bond donors (Lipinski definition) is 0. The Hall–Kier alpha value is -2.89. The summed E-state index contributed by atoms with van der Waals surface area (Å²) in [6, 6.07) is 6.22. The van der Waals surface area contributed by atoms with Gasteiger partial charge in [0.15, 0.2) is 6.61 Å². The van der Waals surface area contributed by atoms with E-state index in [2.05, 4.69) is 4.57 Å². The van der Waals surface area contributed by atoms with E-state index in [0.717, 1.165) is 23.0 Å². The Balaban J connectivity index is 1.62.